The van der Waals surface area contributed by atoms with Crippen molar-refractivity contribution in [3.8, 4) is 5.75 Å². The summed E-state index contributed by atoms with van der Waals surface area (Å²) in [6.45, 7) is 0.764. The first-order valence-corrected chi connectivity index (χ1v) is 6.44. The Balaban J connectivity index is 1.52. The highest BCUT2D eigenvalue weighted by atomic mass is 19.1. The van der Waals surface area contributed by atoms with Gasteiger partial charge in [0.25, 0.3) is 0 Å². The van der Waals surface area contributed by atoms with Crippen LogP contribution in [-0.2, 0) is 0 Å². The average molecular weight is 235 g/mol. The SMILES string of the molecule is Fc1ccc(OCC2CC3CCC(C2)N3)cc1. The number of rotatable bonds is 3. The van der Waals surface area contributed by atoms with Gasteiger partial charge in [-0.1, -0.05) is 0 Å². The molecule has 0 aromatic heterocycles. The second-order valence-electron chi connectivity index (χ2n) is 5.24. The number of hydrogen-bond acceptors (Lipinski definition) is 2. The zero-order valence-electron chi connectivity index (χ0n) is 9.86. The van der Waals surface area contributed by atoms with Crippen LogP contribution in [0.25, 0.3) is 0 Å². The molecule has 2 bridgehead atoms. The summed E-state index contributed by atoms with van der Waals surface area (Å²) < 4.78 is 18.5. The van der Waals surface area contributed by atoms with E-state index in [1.165, 1.54) is 37.8 Å². The minimum Gasteiger partial charge on any atom is -0.493 e. The molecule has 17 heavy (non-hydrogen) atoms. The number of ether oxygens (including phenoxy) is 1. The topological polar surface area (TPSA) is 21.3 Å². The van der Waals surface area contributed by atoms with Crippen LogP contribution in [-0.4, -0.2) is 18.7 Å². The molecule has 2 atom stereocenters. The van der Waals surface area contributed by atoms with Gasteiger partial charge in [-0.15, -0.1) is 0 Å². The molecule has 0 radical (unpaired) electrons. The van der Waals surface area contributed by atoms with Crippen LogP contribution in [0.4, 0.5) is 4.39 Å². The van der Waals surface area contributed by atoms with Crippen LogP contribution in [0.1, 0.15) is 25.7 Å². The Morgan fingerprint density at radius 2 is 1.76 bits per heavy atom. The molecule has 2 saturated heterocycles. The zero-order chi connectivity index (χ0) is 11.7. The molecule has 1 aromatic carbocycles. The number of halogens is 1. The number of benzene rings is 1. The summed E-state index contributed by atoms with van der Waals surface area (Å²) in [5.74, 6) is 1.22. The van der Waals surface area contributed by atoms with Gasteiger partial charge in [0.05, 0.1) is 6.61 Å². The quantitative estimate of drug-likeness (QED) is 0.869. The van der Waals surface area contributed by atoms with Crippen LogP contribution in [0.3, 0.4) is 0 Å². The van der Waals surface area contributed by atoms with E-state index in [0.29, 0.717) is 18.0 Å². The minimum absolute atomic E-state index is 0.211. The number of piperidine rings is 1. The van der Waals surface area contributed by atoms with E-state index in [-0.39, 0.29) is 5.82 Å². The number of hydrogen-bond donors (Lipinski definition) is 1. The van der Waals surface area contributed by atoms with Gasteiger partial charge in [0.2, 0.25) is 0 Å². The van der Waals surface area contributed by atoms with E-state index in [4.69, 9.17) is 4.74 Å². The Kier molecular flexibility index (Phi) is 3.02. The Morgan fingerprint density at radius 1 is 1.12 bits per heavy atom. The number of fused-ring (bicyclic) bond motifs is 2. The predicted octanol–water partition coefficient (Wildman–Crippen LogP) is 2.74. The largest absolute Gasteiger partial charge is 0.493 e. The Bertz CT molecular complexity index is 366. The van der Waals surface area contributed by atoms with Crippen LogP contribution >= 0.6 is 0 Å². The fraction of sp³-hybridized carbons (Fsp3) is 0.571. The third-order valence-electron chi connectivity index (χ3n) is 3.87. The summed E-state index contributed by atoms with van der Waals surface area (Å²) in [5, 5.41) is 3.62. The van der Waals surface area contributed by atoms with Gasteiger partial charge in [0.15, 0.2) is 0 Å². The first kappa shape index (κ1) is 11.0. The molecule has 0 saturated carbocycles. The highest BCUT2D eigenvalue weighted by Crippen LogP contribution is 2.31. The highest BCUT2D eigenvalue weighted by molar-refractivity contribution is 5.22. The summed E-state index contributed by atoms with van der Waals surface area (Å²) in [6, 6.07) is 7.70. The third kappa shape index (κ3) is 2.60. The summed E-state index contributed by atoms with van der Waals surface area (Å²) in [7, 11) is 0. The maximum Gasteiger partial charge on any atom is 0.123 e. The molecular weight excluding hydrogens is 217 g/mol. The van der Waals surface area contributed by atoms with Crippen molar-refractivity contribution in [2.24, 2.45) is 5.92 Å². The molecule has 2 nitrogen and oxygen atoms in total. The molecule has 3 heteroatoms. The fourth-order valence-corrected chi connectivity index (χ4v) is 3.06. The van der Waals surface area contributed by atoms with Crippen molar-refractivity contribution in [2.75, 3.05) is 6.61 Å². The second kappa shape index (κ2) is 4.65. The lowest BCUT2D eigenvalue weighted by atomic mass is 9.93. The normalized spacial score (nSPS) is 31.5. The van der Waals surface area contributed by atoms with Gasteiger partial charge in [-0.05, 0) is 55.9 Å². The predicted molar refractivity (Wildman–Crippen MR) is 64.6 cm³/mol. The van der Waals surface area contributed by atoms with Crippen molar-refractivity contribution < 1.29 is 9.13 Å². The van der Waals surface area contributed by atoms with E-state index in [9.17, 15) is 4.39 Å². The van der Waals surface area contributed by atoms with Crippen molar-refractivity contribution in [1.82, 2.24) is 5.32 Å². The van der Waals surface area contributed by atoms with Gasteiger partial charge in [0.1, 0.15) is 11.6 Å². The molecule has 0 spiro atoms. The van der Waals surface area contributed by atoms with Crippen LogP contribution < -0.4 is 10.1 Å². The van der Waals surface area contributed by atoms with Gasteiger partial charge in [-0.25, -0.2) is 4.39 Å². The summed E-state index contributed by atoms with van der Waals surface area (Å²) in [5.41, 5.74) is 0. The molecule has 2 aliphatic heterocycles. The monoisotopic (exact) mass is 235 g/mol. The van der Waals surface area contributed by atoms with E-state index < -0.39 is 0 Å². The van der Waals surface area contributed by atoms with Crippen LogP contribution in [0.2, 0.25) is 0 Å². The lowest BCUT2D eigenvalue weighted by Crippen LogP contribution is -2.39. The summed E-state index contributed by atoms with van der Waals surface area (Å²) in [6.07, 6.45) is 5.07. The molecule has 2 heterocycles. The van der Waals surface area contributed by atoms with Crippen LogP contribution in [0, 0.1) is 11.7 Å². The molecule has 2 aliphatic rings. The van der Waals surface area contributed by atoms with E-state index in [0.717, 1.165) is 12.4 Å². The van der Waals surface area contributed by atoms with Gasteiger partial charge in [-0.3, -0.25) is 0 Å². The second-order valence-corrected chi connectivity index (χ2v) is 5.24. The van der Waals surface area contributed by atoms with E-state index in [1.807, 2.05) is 0 Å². The molecule has 0 aliphatic carbocycles. The van der Waals surface area contributed by atoms with Gasteiger partial charge < -0.3 is 10.1 Å². The van der Waals surface area contributed by atoms with Crippen LogP contribution in [0.15, 0.2) is 24.3 Å². The molecule has 3 rings (SSSR count). The minimum atomic E-state index is -0.211. The van der Waals surface area contributed by atoms with Crippen molar-refractivity contribution in [3.63, 3.8) is 0 Å². The van der Waals surface area contributed by atoms with Gasteiger partial charge in [-0.2, -0.15) is 0 Å². The van der Waals surface area contributed by atoms with E-state index >= 15 is 0 Å². The highest BCUT2D eigenvalue weighted by Gasteiger charge is 2.33. The molecule has 1 aromatic rings. The Hall–Kier alpha value is -1.09. The van der Waals surface area contributed by atoms with Crippen LogP contribution in [0.5, 0.6) is 5.75 Å². The first-order chi connectivity index (χ1) is 8.29. The van der Waals surface area contributed by atoms with E-state index in [1.54, 1.807) is 12.1 Å². The standard InChI is InChI=1S/C14H18FNO/c15-11-1-5-14(6-2-11)17-9-10-7-12-3-4-13(8-10)16-12/h1-2,5-6,10,12-13,16H,3-4,7-9H2. The van der Waals surface area contributed by atoms with Crippen molar-refractivity contribution >= 4 is 0 Å². The molecule has 0 amide bonds. The van der Waals surface area contributed by atoms with Crippen molar-refractivity contribution in [1.29, 1.82) is 0 Å². The fourth-order valence-electron chi connectivity index (χ4n) is 3.06. The number of nitrogens with one attached hydrogen (secondary N) is 1. The Morgan fingerprint density at radius 3 is 2.41 bits per heavy atom. The third-order valence-corrected chi connectivity index (χ3v) is 3.87. The van der Waals surface area contributed by atoms with E-state index in [2.05, 4.69) is 5.32 Å². The molecule has 2 fully saturated rings. The first-order valence-electron chi connectivity index (χ1n) is 6.44. The maximum atomic E-state index is 12.7. The molecule has 1 N–H and O–H groups in total. The zero-order valence-corrected chi connectivity index (χ0v) is 9.86. The van der Waals surface area contributed by atoms with Crippen molar-refractivity contribution in [2.45, 2.75) is 37.8 Å². The molecule has 92 valence electrons. The smallest absolute Gasteiger partial charge is 0.123 e. The molecular formula is C14H18FNO. The Labute approximate surface area is 101 Å². The molecule has 2 unspecified atom stereocenters. The maximum absolute atomic E-state index is 12.7. The summed E-state index contributed by atoms with van der Waals surface area (Å²) >= 11 is 0. The lowest BCUT2D eigenvalue weighted by molar-refractivity contribution is 0.190. The van der Waals surface area contributed by atoms with Gasteiger partial charge in [0, 0.05) is 12.1 Å². The summed E-state index contributed by atoms with van der Waals surface area (Å²) in [4.78, 5) is 0. The van der Waals surface area contributed by atoms with Gasteiger partial charge >= 0.3 is 0 Å². The average Bonchev–Trinajstić information content (AvgIpc) is 2.68. The lowest BCUT2D eigenvalue weighted by Gasteiger charge is -2.28. The van der Waals surface area contributed by atoms with Crippen molar-refractivity contribution in [3.05, 3.63) is 30.1 Å².